The molecule has 0 atom stereocenters. The van der Waals surface area contributed by atoms with Crippen LogP contribution in [0.2, 0.25) is 0 Å². The molecule has 9 heteroatoms. The molecule has 0 aliphatic rings. The van der Waals surface area contributed by atoms with Gasteiger partial charge in [-0.25, -0.2) is 13.4 Å². The van der Waals surface area contributed by atoms with Gasteiger partial charge in [-0.2, -0.15) is 0 Å². The van der Waals surface area contributed by atoms with Crippen LogP contribution in [-0.4, -0.2) is 56.6 Å². The number of aromatic nitrogens is 1. The van der Waals surface area contributed by atoms with Crippen LogP contribution >= 0.6 is 23.7 Å². The summed E-state index contributed by atoms with van der Waals surface area (Å²) < 4.78 is 25.8. The number of carbonyl (C=O) groups is 1. The van der Waals surface area contributed by atoms with Crippen molar-refractivity contribution in [3.8, 4) is 0 Å². The molecule has 0 spiro atoms. The summed E-state index contributed by atoms with van der Waals surface area (Å²) in [5, 5.41) is 0.210. The minimum atomic E-state index is -3.33. The van der Waals surface area contributed by atoms with Gasteiger partial charge in [0, 0.05) is 13.1 Å². The third-order valence-corrected chi connectivity index (χ3v) is 8.74. The number of benzene rings is 2. The maximum atomic E-state index is 13.3. The van der Waals surface area contributed by atoms with Gasteiger partial charge >= 0.3 is 0 Å². The van der Waals surface area contributed by atoms with E-state index in [4.69, 9.17) is 4.98 Å². The summed E-state index contributed by atoms with van der Waals surface area (Å²) in [4.78, 5) is 22.1. The summed E-state index contributed by atoms with van der Waals surface area (Å²) in [5.41, 5.74) is 3.99. The van der Waals surface area contributed by atoms with E-state index in [0.717, 1.165) is 26.9 Å². The van der Waals surface area contributed by atoms with Crippen molar-refractivity contribution < 1.29 is 13.2 Å². The topological polar surface area (TPSA) is 70.6 Å². The second-order valence-corrected chi connectivity index (χ2v) is 12.2. The van der Waals surface area contributed by atoms with Gasteiger partial charge in [0.25, 0.3) is 0 Å². The normalized spacial score (nSPS) is 11.8. The fourth-order valence-electron chi connectivity index (χ4n) is 3.45. The minimum absolute atomic E-state index is 0. The van der Waals surface area contributed by atoms with Gasteiger partial charge in [0.1, 0.15) is 0 Å². The monoisotopic (exact) mass is 509 g/mol. The van der Waals surface area contributed by atoms with Crippen molar-refractivity contribution in [3.63, 3.8) is 0 Å². The number of anilines is 1. The summed E-state index contributed by atoms with van der Waals surface area (Å²) in [6, 6.07) is 10.8. The van der Waals surface area contributed by atoms with Crippen LogP contribution in [0.1, 0.15) is 30.5 Å². The van der Waals surface area contributed by atoms with Gasteiger partial charge in [-0.05, 0) is 76.7 Å². The number of sulfone groups is 1. The van der Waals surface area contributed by atoms with Crippen molar-refractivity contribution >= 4 is 54.8 Å². The Balaban J connectivity index is 0.00000385. The molecule has 1 amide bonds. The van der Waals surface area contributed by atoms with Crippen LogP contribution in [-0.2, 0) is 21.1 Å². The first-order chi connectivity index (χ1) is 15.0. The molecular weight excluding hydrogens is 478 g/mol. The molecule has 0 aliphatic carbocycles. The Morgan fingerprint density at radius 2 is 1.70 bits per heavy atom. The quantitative estimate of drug-likeness (QED) is 0.442. The van der Waals surface area contributed by atoms with E-state index < -0.39 is 15.1 Å². The Morgan fingerprint density at radius 3 is 2.27 bits per heavy atom. The predicted octanol–water partition coefficient (Wildman–Crippen LogP) is 4.65. The number of nitrogens with zero attached hydrogens (tertiary/aromatic N) is 3. The third kappa shape index (κ3) is 6.32. The number of rotatable bonds is 8. The van der Waals surface area contributed by atoms with E-state index in [2.05, 4.69) is 13.0 Å². The van der Waals surface area contributed by atoms with E-state index in [1.807, 2.05) is 32.0 Å². The van der Waals surface area contributed by atoms with Crippen LogP contribution in [0.5, 0.6) is 0 Å². The Hall–Kier alpha value is -2.00. The van der Waals surface area contributed by atoms with Gasteiger partial charge in [0.15, 0.2) is 15.0 Å². The maximum Gasteiger partial charge on any atom is 0.233 e. The fraction of sp³-hybridized carbons (Fsp3) is 0.417. The van der Waals surface area contributed by atoms with Crippen molar-refractivity contribution in [3.05, 3.63) is 53.1 Å². The summed E-state index contributed by atoms with van der Waals surface area (Å²) >= 11 is 1.54. The van der Waals surface area contributed by atoms with Crippen LogP contribution in [0.25, 0.3) is 10.2 Å². The standard InChI is InChI=1S/C24H31N3O3S2.ClH/c1-16(2)32(29,30)20-9-7-19(8-10-20)15-22(28)27(12-11-26(5)6)24-25-21-14-17(3)13-18(4)23(21)31-24;/h7-10,13-14,16H,11-12,15H2,1-6H3;1H. The molecule has 6 nitrogen and oxygen atoms in total. The molecule has 2 aromatic carbocycles. The van der Waals surface area contributed by atoms with E-state index in [1.54, 1.807) is 43.0 Å². The molecule has 0 aliphatic heterocycles. The molecule has 0 saturated heterocycles. The number of amides is 1. The Bertz CT molecular complexity index is 1220. The van der Waals surface area contributed by atoms with Crippen molar-refractivity contribution in [2.24, 2.45) is 0 Å². The zero-order valence-electron chi connectivity index (χ0n) is 20.0. The summed E-state index contributed by atoms with van der Waals surface area (Å²) in [6.07, 6.45) is 0.184. The Labute approximate surface area is 207 Å². The number of hydrogen-bond donors (Lipinski definition) is 0. The van der Waals surface area contributed by atoms with Crippen LogP contribution in [0.15, 0.2) is 41.3 Å². The summed E-state index contributed by atoms with van der Waals surface area (Å²) in [6.45, 7) is 8.68. The van der Waals surface area contributed by atoms with Crippen molar-refractivity contribution in [2.75, 3.05) is 32.1 Å². The molecule has 0 fully saturated rings. The summed E-state index contributed by atoms with van der Waals surface area (Å²) in [5.74, 6) is -0.0558. The fourth-order valence-corrected chi connectivity index (χ4v) is 5.57. The van der Waals surface area contributed by atoms with Gasteiger partial charge in [-0.3, -0.25) is 9.69 Å². The van der Waals surface area contributed by atoms with Gasteiger partial charge in [-0.15, -0.1) is 12.4 Å². The highest BCUT2D eigenvalue weighted by molar-refractivity contribution is 7.92. The molecule has 0 N–H and O–H groups in total. The van der Waals surface area contributed by atoms with Gasteiger partial charge < -0.3 is 4.90 Å². The smallest absolute Gasteiger partial charge is 0.233 e. The number of aryl methyl sites for hydroxylation is 2. The molecule has 0 radical (unpaired) electrons. The molecule has 0 bridgehead atoms. The van der Waals surface area contributed by atoms with Crippen LogP contribution in [0.3, 0.4) is 0 Å². The second kappa shape index (κ2) is 11.0. The number of carbonyl (C=O) groups excluding carboxylic acids is 1. The molecule has 1 heterocycles. The van der Waals surface area contributed by atoms with Crippen LogP contribution < -0.4 is 4.90 Å². The molecule has 3 rings (SSSR count). The van der Waals surface area contributed by atoms with E-state index in [9.17, 15) is 13.2 Å². The average molecular weight is 510 g/mol. The van der Waals surface area contributed by atoms with E-state index in [-0.39, 0.29) is 29.6 Å². The lowest BCUT2D eigenvalue weighted by atomic mass is 10.1. The molecule has 180 valence electrons. The molecule has 33 heavy (non-hydrogen) atoms. The highest BCUT2D eigenvalue weighted by atomic mass is 35.5. The first-order valence-corrected chi connectivity index (χ1v) is 13.0. The number of halogens is 1. The van der Waals surface area contributed by atoms with Crippen molar-refractivity contribution in [1.82, 2.24) is 9.88 Å². The molecule has 1 aromatic heterocycles. The number of thiazole rings is 1. The molecular formula is C24H32ClN3O3S2. The first kappa shape index (κ1) is 27.2. The highest BCUT2D eigenvalue weighted by Gasteiger charge is 2.22. The van der Waals surface area contributed by atoms with Crippen molar-refractivity contribution in [2.45, 2.75) is 44.3 Å². The first-order valence-electron chi connectivity index (χ1n) is 10.6. The highest BCUT2D eigenvalue weighted by Crippen LogP contribution is 2.32. The Morgan fingerprint density at radius 1 is 1.06 bits per heavy atom. The number of hydrogen-bond acceptors (Lipinski definition) is 6. The number of likely N-dealkylation sites (N-methyl/N-ethyl adjacent to an activating group) is 1. The average Bonchev–Trinajstić information content (AvgIpc) is 3.12. The third-order valence-electron chi connectivity index (χ3n) is 5.34. The molecule has 0 saturated carbocycles. The Kier molecular flexibility index (Phi) is 9.04. The van der Waals surface area contributed by atoms with E-state index in [1.165, 1.54) is 11.3 Å². The van der Waals surface area contributed by atoms with Gasteiger partial charge in [-0.1, -0.05) is 29.5 Å². The van der Waals surface area contributed by atoms with Gasteiger partial charge in [0.05, 0.1) is 26.8 Å². The maximum absolute atomic E-state index is 13.3. The van der Waals surface area contributed by atoms with Crippen LogP contribution in [0.4, 0.5) is 5.13 Å². The minimum Gasteiger partial charge on any atom is -0.308 e. The largest absolute Gasteiger partial charge is 0.308 e. The second-order valence-electron chi connectivity index (χ2n) is 8.69. The lowest BCUT2D eigenvalue weighted by Gasteiger charge is -2.22. The zero-order chi connectivity index (χ0) is 23.6. The lowest BCUT2D eigenvalue weighted by Crippen LogP contribution is -2.37. The van der Waals surface area contributed by atoms with Crippen LogP contribution in [0, 0.1) is 13.8 Å². The SMILES string of the molecule is Cc1cc(C)c2sc(N(CCN(C)C)C(=O)Cc3ccc(S(=O)(=O)C(C)C)cc3)nc2c1.Cl. The van der Waals surface area contributed by atoms with Gasteiger partial charge in [0.2, 0.25) is 5.91 Å². The predicted molar refractivity (Wildman–Crippen MR) is 140 cm³/mol. The van der Waals surface area contributed by atoms with Crippen molar-refractivity contribution in [1.29, 1.82) is 0 Å². The van der Waals surface area contributed by atoms with E-state index in [0.29, 0.717) is 18.2 Å². The number of fused-ring (bicyclic) bond motifs is 1. The molecule has 3 aromatic rings. The van der Waals surface area contributed by atoms with E-state index >= 15 is 0 Å². The zero-order valence-corrected chi connectivity index (χ0v) is 22.4. The summed E-state index contributed by atoms with van der Waals surface area (Å²) in [7, 11) is 0.618. The molecule has 0 unspecified atom stereocenters. The lowest BCUT2D eigenvalue weighted by molar-refractivity contribution is -0.118.